The summed E-state index contributed by atoms with van der Waals surface area (Å²) in [6.07, 6.45) is 4.51. The van der Waals surface area contributed by atoms with Crippen molar-refractivity contribution in [3.63, 3.8) is 0 Å². The highest BCUT2D eigenvalue weighted by atomic mass is 16.5. The lowest BCUT2D eigenvalue weighted by Crippen LogP contribution is -2.36. The maximum atomic E-state index is 11.9. The minimum Gasteiger partial charge on any atom is -0.381 e. The van der Waals surface area contributed by atoms with E-state index in [9.17, 15) is 4.79 Å². The Morgan fingerprint density at radius 1 is 1.20 bits per heavy atom. The van der Waals surface area contributed by atoms with Crippen LogP contribution in [0.15, 0.2) is 42.7 Å². The molecule has 0 bridgehead atoms. The highest BCUT2D eigenvalue weighted by Gasteiger charge is 2.05. The Kier molecular flexibility index (Phi) is 7.98. The molecule has 6 heteroatoms. The summed E-state index contributed by atoms with van der Waals surface area (Å²) in [5.74, 6) is 0.540. The van der Waals surface area contributed by atoms with Crippen LogP contribution in [0, 0.1) is 5.92 Å². The SMILES string of the molecule is CC(C)COCCCNC(=O)NCc1ccccc1Cn1cccn1. The van der Waals surface area contributed by atoms with Gasteiger partial charge in [0.25, 0.3) is 0 Å². The summed E-state index contributed by atoms with van der Waals surface area (Å²) in [6.45, 7) is 7.47. The van der Waals surface area contributed by atoms with Crippen LogP contribution in [0.2, 0.25) is 0 Å². The van der Waals surface area contributed by atoms with Gasteiger partial charge in [0.1, 0.15) is 0 Å². The van der Waals surface area contributed by atoms with Crippen LogP contribution in [-0.2, 0) is 17.8 Å². The zero-order valence-corrected chi connectivity index (χ0v) is 15.1. The highest BCUT2D eigenvalue weighted by Crippen LogP contribution is 2.10. The molecule has 0 aliphatic heterocycles. The molecule has 0 spiro atoms. The fourth-order valence-electron chi connectivity index (χ4n) is 2.39. The van der Waals surface area contributed by atoms with Gasteiger partial charge in [-0.3, -0.25) is 4.68 Å². The van der Waals surface area contributed by atoms with Crippen molar-refractivity contribution < 1.29 is 9.53 Å². The summed E-state index contributed by atoms with van der Waals surface area (Å²) in [5.41, 5.74) is 2.24. The maximum Gasteiger partial charge on any atom is 0.315 e. The number of rotatable bonds is 10. The molecule has 2 N–H and O–H groups in total. The molecule has 136 valence electrons. The van der Waals surface area contributed by atoms with Crippen molar-refractivity contribution in [2.24, 2.45) is 5.92 Å². The van der Waals surface area contributed by atoms with Gasteiger partial charge in [-0.1, -0.05) is 38.1 Å². The Morgan fingerprint density at radius 2 is 2.00 bits per heavy atom. The van der Waals surface area contributed by atoms with E-state index >= 15 is 0 Å². The fraction of sp³-hybridized carbons (Fsp3) is 0.474. The second kappa shape index (κ2) is 10.5. The van der Waals surface area contributed by atoms with E-state index < -0.39 is 0 Å². The van der Waals surface area contributed by atoms with E-state index in [1.807, 2.05) is 35.1 Å². The molecular weight excluding hydrogens is 316 g/mol. The highest BCUT2D eigenvalue weighted by molar-refractivity contribution is 5.73. The summed E-state index contributed by atoms with van der Waals surface area (Å²) >= 11 is 0. The Bertz CT molecular complexity index is 626. The van der Waals surface area contributed by atoms with E-state index in [-0.39, 0.29) is 6.03 Å². The molecule has 0 aliphatic rings. The Balaban J connectivity index is 1.69. The molecule has 0 radical (unpaired) electrons. The zero-order chi connectivity index (χ0) is 17.9. The first kappa shape index (κ1) is 19.0. The number of carbonyl (C=O) groups excluding carboxylic acids is 1. The number of benzene rings is 1. The Labute approximate surface area is 149 Å². The summed E-state index contributed by atoms with van der Waals surface area (Å²) in [6, 6.07) is 9.81. The van der Waals surface area contributed by atoms with Crippen molar-refractivity contribution in [2.45, 2.75) is 33.4 Å². The van der Waals surface area contributed by atoms with E-state index in [4.69, 9.17) is 4.74 Å². The number of amides is 2. The number of nitrogens with one attached hydrogen (secondary N) is 2. The number of urea groups is 1. The molecule has 0 fully saturated rings. The van der Waals surface area contributed by atoms with Gasteiger partial charge < -0.3 is 15.4 Å². The molecule has 2 aromatic rings. The normalized spacial score (nSPS) is 10.8. The number of ether oxygens (including phenoxy) is 1. The third-order valence-electron chi connectivity index (χ3n) is 3.65. The molecule has 0 saturated carbocycles. The van der Waals surface area contributed by atoms with E-state index in [2.05, 4.69) is 35.6 Å². The van der Waals surface area contributed by atoms with Crippen molar-refractivity contribution in [1.29, 1.82) is 0 Å². The standard InChI is InChI=1S/C19H28N4O2/c1-16(2)15-25-12-6-9-20-19(24)21-13-17-7-3-4-8-18(17)14-23-11-5-10-22-23/h3-5,7-8,10-11,16H,6,9,12-15H2,1-2H3,(H2,20,21,24). The second-order valence-electron chi connectivity index (χ2n) is 6.40. The smallest absolute Gasteiger partial charge is 0.315 e. The quantitative estimate of drug-likeness (QED) is 0.651. The lowest BCUT2D eigenvalue weighted by atomic mass is 10.1. The molecule has 0 unspecified atom stereocenters. The topological polar surface area (TPSA) is 68.2 Å². The van der Waals surface area contributed by atoms with Gasteiger partial charge in [-0.25, -0.2) is 4.79 Å². The molecule has 2 amide bonds. The van der Waals surface area contributed by atoms with Crippen LogP contribution in [-0.4, -0.2) is 35.6 Å². The van der Waals surface area contributed by atoms with E-state index in [0.29, 0.717) is 32.2 Å². The summed E-state index contributed by atoms with van der Waals surface area (Å²) in [4.78, 5) is 11.9. The second-order valence-corrected chi connectivity index (χ2v) is 6.40. The first-order valence-corrected chi connectivity index (χ1v) is 8.79. The van der Waals surface area contributed by atoms with Gasteiger partial charge in [-0.2, -0.15) is 5.10 Å². The van der Waals surface area contributed by atoms with Gasteiger partial charge in [0.05, 0.1) is 6.54 Å². The predicted octanol–water partition coefficient (Wildman–Crippen LogP) is 2.79. The number of hydrogen-bond acceptors (Lipinski definition) is 3. The molecule has 2 rings (SSSR count). The van der Waals surface area contributed by atoms with Gasteiger partial charge in [-0.05, 0) is 29.5 Å². The van der Waals surface area contributed by atoms with Crippen LogP contribution in [0.3, 0.4) is 0 Å². The molecular formula is C19H28N4O2. The zero-order valence-electron chi connectivity index (χ0n) is 15.1. The summed E-state index contributed by atoms with van der Waals surface area (Å²) < 4.78 is 7.36. The van der Waals surface area contributed by atoms with Crippen LogP contribution in [0.1, 0.15) is 31.4 Å². The van der Waals surface area contributed by atoms with Crippen LogP contribution < -0.4 is 10.6 Å². The van der Waals surface area contributed by atoms with Crippen LogP contribution in [0.5, 0.6) is 0 Å². The van der Waals surface area contributed by atoms with Crippen molar-refractivity contribution in [2.75, 3.05) is 19.8 Å². The van der Waals surface area contributed by atoms with Crippen molar-refractivity contribution in [3.8, 4) is 0 Å². The molecule has 1 aromatic carbocycles. The molecule has 0 saturated heterocycles. The number of hydrogen-bond donors (Lipinski definition) is 2. The molecule has 1 heterocycles. The van der Waals surface area contributed by atoms with Crippen LogP contribution >= 0.6 is 0 Å². The van der Waals surface area contributed by atoms with E-state index in [1.54, 1.807) is 6.20 Å². The number of carbonyl (C=O) groups is 1. The first-order chi connectivity index (χ1) is 12.1. The molecule has 1 aromatic heterocycles. The van der Waals surface area contributed by atoms with Gasteiger partial charge in [0.2, 0.25) is 0 Å². The summed E-state index contributed by atoms with van der Waals surface area (Å²) in [7, 11) is 0. The Hall–Kier alpha value is -2.34. The Morgan fingerprint density at radius 3 is 2.72 bits per heavy atom. The van der Waals surface area contributed by atoms with Crippen LogP contribution in [0.4, 0.5) is 4.79 Å². The lowest BCUT2D eigenvalue weighted by molar-refractivity contribution is 0.108. The van der Waals surface area contributed by atoms with Gasteiger partial charge >= 0.3 is 6.03 Å². The summed E-state index contributed by atoms with van der Waals surface area (Å²) in [5, 5.41) is 9.99. The van der Waals surface area contributed by atoms with E-state index in [0.717, 1.165) is 24.2 Å². The largest absolute Gasteiger partial charge is 0.381 e. The average molecular weight is 344 g/mol. The average Bonchev–Trinajstić information content (AvgIpc) is 3.10. The minimum atomic E-state index is -0.155. The molecule has 25 heavy (non-hydrogen) atoms. The minimum absolute atomic E-state index is 0.155. The first-order valence-electron chi connectivity index (χ1n) is 8.79. The van der Waals surface area contributed by atoms with Crippen molar-refractivity contribution in [1.82, 2.24) is 20.4 Å². The van der Waals surface area contributed by atoms with Crippen molar-refractivity contribution in [3.05, 3.63) is 53.9 Å². The van der Waals surface area contributed by atoms with Gasteiger partial charge in [0, 0.05) is 38.7 Å². The number of aromatic nitrogens is 2. The van der Waals surface area contributed by atoms with Crippen molar-refractivity contribution >= 4 is 6.03 Å². The molecule has 0 atom stereocenters. The third kappa shape index (κ3) is 7.39. The van der Waals surface area contributed by atoms with Gasteiger partial charge in [0.15, 0.2) is 0 Å². The van der Waals surface area contributed by atoms with E-state index in [1.165, 1.54) is 0 Å². The van der Waals surface area contributed by atoms with Gasteiger partial charge in [-0.15, -0.1) is 0 Å². The van der Waals surface area contributed by atoms with Crippen LogP contribution in [0.25, 0.3) is 0 Å². The maximum absolute atomic E-state index is 11.9. The fourth-order valence-corrected chi connectivity index (χ4v) is 2.39. The molecule has 6 nitrogen and oxygen atoms in total. The lowest BCUT2D eigenvalue weighted by Gasteiger charge is -2.12. The molecule has 0 aliphatic carbocycles. The monoisotopic (exact) mass is 344 g/mol. The third-order valence-corrected chi connectivity index (χ3v) is 3.65. The predicted molar refractivity (Wildman–Crippen MR) is 98.3 cm³/mol. The number of nitrogens with zero attached hydrogens (tertiary/aromatic N) is 2.